The van der Waals surface area contributed by atoms with Gasteiger partial charge >= 0.3 is 0 Å². The van der Waals surface area contributed by atoms with E-state index >= 15 is 0 Å². The van der Waals surface area contributed by atoms with Crippen molar-refractivity contribution < 1.29 is 18.4 Å². The van der Waals surface area contributed by atoms with Crippen LogP contribution in [0.25, 0.3) is 0 Å². The zero-order valence-electron chi connectivity index (χ0n) is 10.3. The van der Waals surface area contributed by atoms with Crippen LogP contribution in [0.2, 0.25) is 5.02 Å². The number of nitrogens with one attached hydrogen (secondary N) is 1. The van der Waals surface area contributed by atoms with Crippen molar-refractivity contribution in [2.24, 2.45) is 0 Å². The molecule has 1 saturated heterocycles. The number of amides is 2. The number of benzene rings is 1. The van der Waals surface area contributed by atoms with Crippen molar-refractivity contribution in [3.05, 3.63) is 28.8 Å². The van der Waals surface area contributed by atoms with E-state index in [1.165, 1.54) is 13.8 Å². The van der Waals surface area contributed by atoms with E-state index < -0.39 is 29.0 Å². The second kappa shape index (κ2) is 4.45. The fourth-order valence-corrected chi connectivity index (χ4v) is 2.26. The maximum Gasteiger partial charge on any atom is 0.252 e. The zero-order chi connectivity index (χ0) is 14.4. The third-order valence-electron chi connectivity index (χ3n) is 2.79. The largest absolute Gasteiger partial charge is 0.341 e. The fraction of sp³-hybridized carbons (Fsp3) is 0.333. The smallest absolute Gasteiger partial charge is 0.252 e. The maximum atomic E-state index is 13.8. The summed E-state index contributed by atoms with van der Waals surface area (Å²) in [4.78, 5) is 24.7. The molecular weight excluding hydrogens is 278 g/mol. The Morgan fingerprint density at radius 2 is 1.95 bits per heavy atom. The molecule has 1 fully saturated rings. The SMILES string of the molecule is CC1(C)NC(=O)CN(c2c(F)cc(F)cc2Cl)C1=O. The highest BCUT2D eigenvalue weighted by molar-refractivity contribution is 6.34. The average molecular weight is 289 g/mol. The quantitative estimate of drug-likeness (QED) is 0.857. The van der Waals surface area contributed by atoms with E-state index in [-0.39, 0.29) is 17.3 Å². The van der Waals surface area contributed by atoms with Crippen molar-refractivity contribution in [1.82, 2.24) is 5.32 Å². The molecule has 0 bridgehead atoms. The van der Waals surface area contributed by atoms with Crippen molar-refractivity contribution in [3.63, 3.8) is 0 Å². The molecule has 102 valence electrons. The Labute approximate surface area is 113 Å². The third-order valence-corrected chi connectivity index (χ3v) is 3.07. The van der Waals surface area contributed by atoms with Gasteiger partial charge in [0.05, 0.1) is 10.7 Å². The lowest BCUT2D eigenvalue weighted by Crippen LogP contribution is -2.64. The molecule has 1 N–H and O–H groups in total. The van der Waals surface area contributed by atoms with Crippen LogP contribution >= 0.6 is 11.6 Å². The van der Waals surface area contributed by atoms with Crippen molar-refractivity contribution in [1.29, 1.82) is 0 Å². The highest BCUT2D eigenvalue weighted by Gasteiger charge is 2.41. The van der Waals surface area contributed by atoms with E-state index in [2.05, 4.69) is 5.32 Å². The molecule has 1 aromatic rings. The Bertz CT molecular complexity index is 552. The van der Waals surface area contributed by atoms with Gasteiger partial charge in [-0.15, -0.1) is 0 Å². The summed E-state index contributed by atoms with van der Waals surface area (Å²) in [6.45, 7) is 2.63. The number of piperazine rings is 1. The molecule has 0 aromatic heterocycles. The van der Waals surface area contributed by atoms with E-state index in [1.807, 2.05) is 0 Å². The van der Waals surface area contributed by atoms with Gasteiger partial charge in [0.15, 0.2) is 5.82 Å². The fourth-order valence-electron chi connectivity index (χ4n) is 1.97. The minimum Gasteiger partial charge on any atom is -0.341 e. The van der Waals surface area contributed by atoms with Gasteiger partial charge in [-0.3, -0.25) is 14.5 Å². The molecule has 0 aliphatic carbocycles. The summed E-state index contributed by atoms with van der Waals surface area (Å²) in [5, 5.41) is 2.23. The topological polar surface area (TPSA) is 49.4 Å². The van der Waals surface area contributed by atoms with Gasteiger partial charge in [0, 0.05) is 6.07 Å². The Balaban J connectivity index is 2.52. The van der Waals surface area contributed by atoms with Gasteiger partial charge < -0.3 is 5.32 Å². The standard InChI is InChI=1S/C12H11ClF2N2O2/c1-12(2)11(19)17(5-9(18)16-12)10-7(13)3-6(14)4-8(10)15/h3-4H,5H2,1-2H3,(H,16,18). The monoisotopic (exact) mass is 288 g/mol. The number of carbonyl (C=O) groups excluding carboxylic acids is 2. The summed E-state index contributed by atoms with van der Waals surface area (Å²) in [6, 6.07) is 1.51. The molecule has 0 unspecified atom stereocenters. The number of carbonyl (C=O) groups is 2. The highest BCUT2D eigenvalue weighted by Crippen LogP contribution is 2.32. The van der Waals surface area contributed by atoms with Gasteiger partial charge in [-0.05, 0) is 19.9 Å². The number of hydrogen-bond acceptors (Lipinski definition) is 2. The first-order valence-electron chi connectivity index (χ1n) is 5.50. The van der Waals surface area contributed by atoms with E-state index in [1.54, 1.807) is 0 Å². The van der Waals surface area contributed by atoms with E-state index in [0.29, 0.717) is 6.07 Å². The van der Waals surface area contributed by atoms with Crippen LogP contribution in [0.15, 0.2) is 12.1 Å². The Morgan fingerprint density at radius 3 is 2.53 bits per heavy atom. The molecule has 0 spiro atoms. The van der Waals surface area contributed by atoms with Crippen molar-refractivity contribution in [2.45, 2.75) is 19.4 Å². The van der Waals surface area contributed by atoms with Crippen LogP contribution < -0.4 is 10.2 Å². The molecule has 1 aliphatic rings. The van der Waals surface area contributed by atoms with Crippen LogP contribution in [0, 0.1) is 11.6 Å². The minimum atomic E-state index is -1.17. The van der Waals surface area contributed by atoms with Crippen LogP contribution in [0.5, 0.6) is 0 Å². The van der Waals surface area contributed by atoms with Crippen molar-refractivity contribution >= 4 is 29.1 Å². The Kier molecular flexibility index (Phi) is 3.22. The van der Waals surface area contributed by atoms with Gasteiger partial charge in [-0.1, -0.05) is 11.6 Å². The number of hydrogen-bond donors (Lipinski definition) is 1. The molecular formula is C12H11ClF2N2O2. The molecule has 0 atom stereocenters. The first-order valence-corrected chi connectivity index (χ1v) is 5.87. The second-order valence-corrected chi connectivity index (χ2v) is 5.19. The van der Waals surface area contributed by atoms with E-state index in [0.717, 1.165) is 11.0 Å². The number of nitrogens with zero attached hydrogens (tertiary/aromatic N) is 1. The highest BCUT2D eigenvalue weighted by atomic mass is 35.5. The summed E-state index contributed by atoms with van der Waals surface area (Å²) in [7, 11) is 0. The van der Waals surface area contributed by atoms with E-state index in [9.17, 15) is 18.4 Å². The average Bonchev–Trinajstić information content (AvgIpc) is 2.22. The molecule has 0 saturated carbocycles. The van der Waals surface area contributed by atoms with Crippen LogP contribution in [0.1, 0.15) is 13.8 Å². The first-order chi connectivity index (χ1) is 8.72. The van der Waals surface area contributed by atoms with Gasteiger partial charge in [0.1, 0.15) is 17.9 Å². The van der Waals surface area contributed by atoms with Crippen LogP contribution in [-0.4, -0.2) is 23.9 Å². The molecule has 1 heterocycles. The van der Waals surface area contributed by atoms with Gasteiger partial charge in [0.25, 0.3) is 5.91 Å². The number of halogens is 3. The maximum absolute atomic E-state index is 13.8. The van der Waals surface area contributed by atoms with Crippen LogP contribution in [0.3, 0.4) is 0 Å². The summed E-state index contributed by atoms with van der Waals surface area (Å²) in [6.07, 6.45) is 0. The van der Waals surface area contributed by atoms with Gasteiger partial charge in [-0.25, -0.2) is 8.78 Å². The Hall–Kier alpha value is -1.69. The molecule has 19 heavy (non-hydrogen) atoms. The summed E-state index contributed by atoms with van der Waals surface area (Å²) >= 11 is 5.77. The minimum absolute atomic E-state index is 0.253. The lowest BCUT2D eigenvalue weighted by Gasteiger charge is -2.37. The zero-order valence-corrected chi connectivity index (χ0v) is 11.0. The second-order valence-electron chi connectivity index (χ2n) is 4.78. The lowest BCUT2D eigenvalue weighted by molar-refractivity contribution is -0.134. The molecule has 0 radical (unpaired) electrons. The van der Waals surface area contributed by atoms with Crippen molar-refractivity contribution in [2.75, 3.05) is 11.4 Å². The molecule has 2 amide bonds. The molecule has 7 heteroatoms. The predicted molar refractivity (Wildman–Crippen MR) is 65.9 cm³/mol. The predicted octanol–water partition coefficient (Wildman–Crippen LogP) is 1.86. The Morgan fingerprint density at radius 1 is 1.32 bits per heavy atom. The normalized spacial score (nSPS) is 18.5. The van der Waals surface area contributed by atoms with Gasteiger partial charge in [-0.2, -0.15) is 0 Å². The summed E-state index contributed by atoms with van der Waals surface area (Å²) in [5.74, 6) is -2.79. The number of anilines is 1. The van der Waals surface area contributed by atoms with E-state index in [4.69, 9.17) is 11.6 Å². The summed E-state index contributed by atoms with van der Waals surface area (Å²) in [5.41, 5.74) is -1.45. The van der Waals surface area contributed by atoms with Crippen molar-refractivity contribution in [3.8, 4) is 0 Å². The molecule has 1 aromatic carbocycles. The number of rotatable bonds is 1. The molecule has 2 rings (SSSR count). The molecule has 1 aliphatic heterocycles. The lowest BCUT2D eigenvalue weighted by atomic mass is 10.00. The van der Waals surface area contributed by atoms with Crippen LogP contribution in [-0.2, 0) is 9.59 Å². The first kappa shape index (κ1) is 13.7. The van der Waals surface area contributed by atoms with Crippen LogP contribution in [0.4, 0.5) is 14.5 Å². The molecule has 4 nitrogen and oxygen atoms in total. The van der Waals surface area contributed by atoms with Gasteiger partial charge in [0.2, 0.25) is 5.91 Å². The third kappa shape index (κ3) is 2.40. The summed E-state index contributed by atoms with van der Waals surface area (Å²) < 4.78 is 26.8.